The molecule has 0 aliphatic rings. The molecular formula is C14H15FN2O. The summed E-state index contributed by atoms with van der Waals surface area (Å²) < 4.78 is 13.5. The number of fused-ring (bicyclic) bond motifs is 1. The summed E-state index contributed by atoms with van der Waals surface area (Å²) >= 11 is 0. The summed E-state index contributed by atoms with van der Waals surface area (Å²) in [7, 11) is 0. The van der Waals surface area contributed by atoms with E-state index in [4.69, 9.17) is 0 Å². The fourth-order valence-corrected chi connectivity index (χ4v) is 1.89. The fourth-order valence-electron chi connectivity index (χ4n) is 1.89. The summed E-state index contributed by atoms with van der Waals surface area (Å²) in [5, 5.41) is 3.48. The summed E-state index contributed by atoms with van der Waals surface area (Å²) in [6.45, 7) is 5.58. The zero-order valence-electron chi connectivity index (χ0n) is 10.6. The monoisotopic (exact) mass is 246 g/mol. The van der Waals surface area contributed by atoms with Crippen molar-refractivity contribution in [2.75, 3.05) is 0 Å². The maximum atomic E-state index is 13.5. The highest BCUT2D eigenvalue weighted by atomic mass is 19.1. The lowest BCUT2D eigenvalue weighted by molar-refractivity contribution is 0.0942. The van der Waals surface area contributed by atoms with Crippen molar-refractivity contribution in [2.24, 2.45) is 0 Å². The first-order valence-electron chi connectivity index (χ1n) is 5.85. The first kappa shape index (κ1) is 12.5. The molecule has 2 rings (SSSR count). The van der Waals surface area contributed by atoms with Crippen molar-refractivity contribution >= 4 is 16.8 Å². The summed E-state index contributed by atoms with van der Waals surface area (Å²) in [6, 6.07) is 4.81. The lowest BCUT2D eigenvalue weighted by Crippen LogP contribution is -2.30. The topological polar surface area (TPSA) is 42.0 Å². The molecule has 4 heteroatoms. The van der Waals surface area contributed by atoms with E-state index in [2.05, 4.69) is 10.3 Å². The van der Waals surface area contributed by atoms with Gasteiger partial charge in [0, 0.05) is 17.6 Å². The van der Waals surface area contributed by atoms with Gasteiger partial charge in [-0.3, -0.25) is 9.78 Å². The second-order valence-corrected chi connectivity index (χ2v) is 4.56. The van der Waals surface area contributed by atoms with Crippen LogP contribution < -0.4 is 5.32 Å². The molecule has 94 valence electrons. The number of nitrogens with one attached hydrogen (secondary N) is 1. The number of carbonyl (C=O) groups is 1. The minimum atomic E-state index is -0.369. The largest absolute Gasteiger partial charge is 0.350 e. The van der Waals surface area contributed by atoms with Crippen LogP contribution in [0.15, 0.2) is 24.4 Å². The number of aromatic nitrogens is 1. The van der Waals surface area contributed by atoms with Gasteiger partial charge in [0.2, 0.25) is 0 Å². The number of hydrogen-bond acceptors (Lipinski definition) is 2. The van der Waals surface area contributed by atoms with E-state index < -0.39 is 0 Å². The molecule has 0 atom stereocenters. The molecule has 18 heavy (non-hydrogen) atoms. The lowest BCUT2D eigenvalue weighted by Gasteiger charge is -2.11. The molecule has 1 N–H and O–H groups in total. The van der Waals surface area contributed by atoms with E-state index in [1.807, 2.05) is 13.8 Å². The van der Waals surface area contributed by atoms with Gasteiger partial charge in [0.1, 0.15) is 11.3 Å². The van der Waals surface area contributed by atoms with Crippen molar-refractivity contribution in [3.8, 4) is 0 Å². The number of rotatable bonds is 2. The van der Waals surface area contributed by atoms with E-state index in [0.717, 1.165) is 5.56 Å². The third-order valence-electron chi connectivity index (χ3n) is 2.78. The predicted octanol–water partition coefficient (Wildman–Crippen LogP) is 2.82. The summed E-state index contributed by atoms with van der Waals surface area (Å²) in [4.78, 5) is 16.0. The number of para-hydroxylation sites is 1. The number of nitrogens with zero attached hydrogens (tertiary/aromatic N) is 1. The average molecular weight is 246 g/mol. The third-order valence-corrected chi connectivity index (χ3v) is 2.78. The van der Waals surface area contributed by atoms with E-state index in [1.165, 1.54) is 12.3 Å². The standard InChI is InChI=1S/C14H15FN2O/c1-8(2)17-14(18)11-7-16-13-10(9(11)3)5-4-6-12(13)15/h4-8H,1-3H3,(H,17,18). The number of carbonyl (C=O) groups excluding carboxylic acids is 1. The Bertz CT molecular complexity index is 608. The van der Waals surface area contributed by atoms with Crippen LogP contribution in [0.4, 0.5) is 4.39 Å². The van der Waals surface area contributed by atoms with Crippen LogP contribution in [0, 0.1) is 12.7 Å². The Morgan fingerprint density at radius 3 is 2.78 bits per heavy atom. The van der Waals surface area contributed by atoms with Crippen LogP contribution in [0.5, 0.6) is 0 Å². The highest BCUT2D eigenvalue weighted by molar-refractivity contribution is 6.00. The average Bonchev–Trinajstić information content (AvgIpc) is 2.29. The molecule has 3 nitrogen and oxygen atoms in total. The molecule has 0 bridgehead atoms. The van der Waals surface area contributed by atoms with Crippen molar-refractivity contribution in [1.82, 2.24) is 10.3 Å². The van der Waals surface area contributed by atoms with Gasteiger partial charge in [-0.25, -0.2) is 4.39 Å². The van der Waals surface area contributed by atoms with E-state index >= 15 is 0 Å². The number of hydrogen-bond donors (Lipinski definition) is 1. The van der Waals surface area contributed by atoms with Crippen molar-refractivity contribution in [2.45, 2.75) is 26.8 Å². The van der Waals surface area contributed by atoms with Crippen molar-refractivity contribution in [3.63, 3.8) is 0 Å². The van der Waals surface area contributed by atoms with E-state index in [1.54, 1.807) is 19.1 Å². The molecule has 1 heterocycles. The number of benzene rings is 1. The normalized spacial score (nSPS) is 10.9. The molecule has 2 aromatic rings. The highest BCUT2D eigenvalue weighted by Gasteiger charge is 2.14. The molecule has 1 amide bonds. The molecule has 0 unspecified atom stereocenters. The van der Waals surface area contributed by atoms with Gasteiger partial charge in [-0.15, -0.1) is 0 Å². The van der Waals surface area contributed by atoms with Crippen molar-refractivity contribution in [1.29, 1.82) is 0 Å². The van der Waals surface area contributed by atoms with Crippen LogP contribution in [-0.4, -0.2) is 16.9 Å². The quantitative estimate of drug-likeness (QED) is 0.885. The first-order chi connectivity index (χ1) is 8.50. The second kappa shape index (κ2) is 4.72. The van der Waals surface area contributed by atoms with Crippen LogP contribution in [0.3, 0.4) is 0 Å². The van der Waals surface area contributed by atoms with Gasteiger partial charge in [-0.1, -0.05) is 12.1 Å². The predicted molar refractivity (Wildman–Crippen MR) is 69.0 cm³/mol. The molecular weight excluding hydrogens is 231 g/mol. The minimum absolute atomic E-state index is 0.0557. The van der Waals surface area contributed by atoms with Crippen molar-refractivity contribution < 1.29 is 9.18 Å². The zero-order chi connectivity index (χ0) is 13.3. The molecule has 0 fully saturated rings. The summed E-state index contributed by atoms with van der Waals surface area (Å²) in [5.41, 5.74) is 1.54. The molecule has 0 spiro atoms. The number of halogens is 1. The molecule has 0 saturated carbocycles. The van der Waals surface area contributed by atoms with Crippen LogP contribution in [-0.2, 0) is 0 Å². The van der Waals surface area contributed by atoms with Crippen LogP contribution in [0.2, 0.25) is 0 Å². The molecule has 1 aromatic heterocycles. The van der Waals surface area contributed by atoms with Gasteiger partial charge in [0.05, 0.1) is 5.56 Å². The van der Waals surface area contributed by atoms with Gasteiger partial charge in [0.15, 0.2) is 0 Å². The number of aryl methyl sites for hydroxylation is 1. The van der Waals surface area contributed by atoms with Gasteiger partial charge in [-0.2, -0.15) is 0 Å². The SMILES string of the molecule is Cc1c(C(=O)NC(C)C)cnc2c(F)cccc12. The third kappa shape index (κ3) is 2.18. The Kier molecular flexibility index (Phi) is 3.28. The van der Waals surface area contributed by atoms with E-state index in [9.17, 15) is 9.18 Å². The lowest BCUT2D eigenvalue weighted by atomic mass is 10.0. The van der Waals surface area contributed by atoms with Crippen molar-refractivity contribution in [3.05, 3.63) is 41.3 Å². The number of amides is 1. The highest BCUT2D eigenvalue weighted by Crippen LogP contribution is 2.21. The Morgan fingerprint density at radius 1 is 1.39 bits per heavy atom. The smallest absolute Gasteiger partial charge is 0.253 e. The van der Waals surface area contributed by atoms with Crippen LogP contribution in [0.25, 0.3) is 10.9 Å². The first-order valence-corrected chi connectivity index (χ1v) is 5.85. The van der Waals surface area contributed by atoms with Crippen LogP contribution in [0.1, 0.15) is 29.8 Å². The minimum Gasteiger partial charge on any atom is -0.350 e. The zero-order valence-corrected chi connectivity index (χ0v) is 10.6. The van der Waals surface area contributed by atoms with Gasteiger partial charge in [-0.05, 0) is 32.4 Å². The summed E-state index contributed by atoms with van der Waals surface area (Å²) in [6.07, 6.45) is 1.43. The van der Waals surface area contributed by atoms with Gasteiger partial charge >= 0.3 is 0 Å². The van der Waals surface area contributed by atoms with Gasteiger partial charge in [0.25, 0.3) is 5.91 Å². The van der Waals surface area contributed by atoms with Gasteiger partial charge < -0.3 is 5.32 Å². The maximum absolute atomic E-state index is 13.5. The molecule has 0 aliphatic carbocycles. The second-order valence-electron chi connectivity index (χ2n) is 4.56. The Balaban J connectivity index is 2.55. The number of pyridine rings is 1. The fraction of sp³-hybridized carbons (Fsp3) is 0.286. The molecule has 0 radical (unpaired) electrons. The molecule has 1 aromatic carbocycles. The summed E-state index contributed by atoms with van der Waals surface area (Å²) in [5.74, 6) is -0.549. The van der Waals surface area contributed by atoms with E-state index in [-0.39, 0.29) is 17.8 Å². The molecule has 0 saturated heterocycles. The van der Waals surface area contributed by atoms with E-state index in [0.29, 0.717) is 16.5 Å². The molecule has 0 aliphatic heterocycles. The Morgan fingerprint density at radius 2 is 2.11 bits per heavy atom. The maximum Gasteiger partial charge on any atom is 0.253 e. The Hall–Kier alpha value is -1.97. The Labute approximate surface area is 105 Å². The van der Waals surface area contributed by atoms with Crippen LogP contribution >= 0.6 is 0 Å².